The van der Waals surface area contributed by atoms with Gasteiger partial charge in [-0.1, -0.05) is 12.1 Å². The van der Waals surface area contributed by atoms with Gasteiger partial charge in [0.1, 0.15) is 22.5 Å². The summed E-state index contributed by atoms with van der Waals surface area (Å²) in [7, 11) is -0.578. The zero-order valence-corrected chi connectivity index (χ0v) is 14.9. The second kappa shape index (κ2) is 7.38. The van der Waals surface area contributed by atoms with Gasteiger partial charge in [-0.25, -0.2) is 8.42 Å². The molecule has 8 heteroatoms. The van der Waals surface area contributed by atoms with Crippen molar-refractivity contribution in [3.05, 3.63) is 48.3 Å². The summed E-state index contributed by atoms with van der Waals surface area (Å²) in [6.07, 6.45) is 2.43. The number of sulfonamides is 1. The Balaban J connectivity index is 1.95. The molecule has 2 aromatic rings. The van der Waals surface area contributed by atoms with Crippen molar-refractivity contribution in [2.24, 2.45) is 0 Å². The predicted octanol–water partition coefficient (Wildman–Crippen LogP) is 1.69. The molecule has 1 aliphatic rings. The maximum Gasteiger partial charge on any atom is 0.248 e. The molecule has 1 aromatic carbocycles. The number of hydrogen-bond donors (Lipinski definition) is 0. The highest BCUT2D eigenvalue weighted by molar-refractivity contribution is 7.89. The maximum atomic E-state index is 13.0. The number of rotatable bonds is 5. The molecule has 0 radical (unpaired) electrons. The van der Waals surface area contributed by atoms with Crippen LogP contribution in [-0.4, -0.2) is 51.2 Å². The molecule has 0 amide bonds. The maximum absolute atomic E-state index is 13.0. The Hall–Kier alpha value is -2.16. The van der Waals surface area contributed by atoms with Gasteiger partial charge in [-0.15, -0.1) is 0 Å². The Morgan fingerprint density at radius 3 is 2.68 bits per heavy atom. The lowest BCUT2D eigenvalue weighted by Crippen LogP contribution is -2.38. The van der Waals surface area contributed by atoms with E-state index in [4.69, 9.17) is 14.2 Å². The first-order valence-corrected chi connectivity index (χ1v) is 9.21. The molecule has 1 aromatic heterocycles. The van der Waals surface area contributed by atoms with Crippen LogP contribution in [0.1, 0.15) is 5.56 Å². The third-order valence-corrected chi connectivity index (χ3v) is 5.76. The highest BCUT2D eigenvalue weighted by atomic mass is 32.2. The molecule has 25 heavy (non-hydrogen) atoms. The van der Waals surface area contributed by atoms with E-state index in [9.17, 15) is 8.42 Å². The van der Waals surface area contributed by atoms with Crippen LogP contribution in [0.5, 0.6) is 11.5 Å². The van der Waals surface area contributed by atoms with Crippen molar-refractivity contribution in [2.75, 3.05) is 27.4 Å². The molecular weight excluding hydrogens is 344 g/mol. The fourth-order valence-corrected chi connectivity index (χ4v) is 4.22. The minimum Gasteiger partial charge on any atom is -0.497 e. The van der Waals surface area contributed by atoms with Crippen LogP contribution >= 0.6 is 0 Å². The van der Waals surface area contributed by atoms with E-state index in [0.717, 1.165) is 11.3 Å². The largest absolute Gasteiger partial charge is 0.497 e. The predicted molar refractivity (Wildman–Crippen MR) is 91.1 cm³/mol. The summed E-state index contributed by atoms with van der Waals surface area (Å²) in [5, 5.41) is 0. The minimum absolute atomic E-state index is 0.0714. The number of hydrogen-bond acceptors (Lipinski definition) is 6. The van der Waals surface area contributed by atoms with E-state index in [-0.39, 0.29) is 24.6 Å². The third kappa shape index (κ3) is 3.76. The topological polar surface area (TPSA) is 78.0 Å². The first kappa shape index (κ1) is 17.7. The Kier molecular flexibility index (Phi) is 5.22. The van der Waals surface area contributed by atoms with Crippen molar-refractivity contribution < 1.29 is 22.6 Å². The highest BCUT2D eigenvalue weighted by Crippen LogP contribution is 2.31. The zero-order chi connectivity index (χ0) is 17.9. The van der Waals surface area contributed by atoms with Crippen LogP contribution in [0.2, 0.25) is 0 Å². The fraction of sp³-hybridized carbons (Fsp3) is 0.353. The van der Waals surface area contributed by atoms with Crippen molar-refractivity contribution in [1.82, 2.24) is 9.29 Å². The second-order valence-corrected chi connectivity index (χ2v) is 7.57. The lowest BCUT2D eigenvalue weighted by molar-refractivity contribution is 0.0695. The van der Waals surface area contributed by atoms with Gasteiger partial charge in [-0.05, 0) is 23.8 Å². The second-order valence-electron chi connectivity index (χ2n) is 5.66. The van der Waals surface area contributed by atoms with E-state index >= 15 is 0 Å². The van der Waals surface area contributed by atoms with E-state index < -0.39 is 16.1 Å². The average Bonchev–Trinajstić information content (AvgIpc) is 2.71. The minimum atomic E-state index is -3.73. The summed E-state index contributed by atoms with van der Waals surface area (Å²) >= 11 is 0. The van der Waals surface area contributed by atoms with Crippen molar-refractivity contribution in [3.63, 3.8) is 0 Å². The van der Waals surface area contributed by atoms with Crippen molar-refractivity contribution >= 4 is 10.0 Å². The van der Waals surface area contributed by atoms with Crippen LogP contribution in [0.25, 0.3) is 0 Å². The van der Waals surface area contributed by atoms with Crippen LogP contribution in [0, 0.1) is 0 Å². The Morgan fingerprint density at radius 1 is 1.24 bits per heavy atom. The summed E-state index contributed by atoms with van der Waals surface area (Å²) in [5.41, 5.74) is 0.855. The Bertz CT molecular complexity index is 823. The van der Waals surface area contributed by atoms with Gasteiger partial charge in [0.25, 0.3) is 0 Å². The quantitative estimate of drug-likeness (QED) is 0.803. The molecule has 0 bridgehead atoms. The molecule has 0 aliphatic carbocycles. The normalized spacial score (nSPS) is 19.5. The van der Waals surface area contributed by atoms with Crippen molar-refractivity contribution in [2.45, 2.75) is 17.5 Å². The number of methoxy groups -OCH3 is 2. The summed E-state index contributed by atoms with van der Waals surface area (Å²) in [5.74, 6) is 1.02. The number of pyridine rings is 1. The number of nitrogens with zero attached hydrogens (tertiary/aromatic N) is 2. The SMILES string of the molecule is COCC1CN(Cc2ccc(OC)cc2)S(=O)(=O)c2cnccc2O1. The molecule has 2 heterocycles. The van der Waals surface area contributed by atoms with Gasteiger partial charge in [-0.2, -0.15) is 4.31 Å². The number of benzene rings is 1. The molecule has 0 saturated heterocycles. The fourth-order valence-electron chi connectivity index (χ4n) is 2.70. The lowest BCUT2D eigenvalue weighted by atomic mass is 10.2. The molecular formula is C17H20N2O5S. The average molecular weight is 364 g/mol. The molecule has 0 N–H and O–H groups in total. The van der Waals surface area contributed by atoms with Crippen molar-refractivity contribution in [3.8, 4) is 11.5 Å². The molecule has 1 unspecified atom stereocenters. The van der Waals surface area contributed by atoms with Gasteiger partial charge in [0.2, 0.25) is 10.0 Å². The van der Waals surface area contributed by atoms with E-state index in [1.165, 1.54) is 16.7 Å². The van der Waals surface area contributed by atoms with Gasteiger partial charge in [0.15, 0.2) is 0 Å². The van der Waals surface area contributed by atoms with E-state index in [1.54, 1.807) is 32.4 Å². The molecule has 3 rings (SSSR count). The molecule has 1 aliphatic heterocycles. The summed E-state index contributed by atoms with van der Waals surface area (Å²) in [6.45, 7) is 0.706. The smallest absolute Gasteiger partial charge is 0.248 e. The lowest BCUT2D eigenvalue weighted by Gasteiger charge is -2.22. The van der Waals surface area contributed by atoms with Gasteiger partial charge < -0.3 is 14.2 Å². The molecule has 0 saturated carbocycles. The van der Waals surface area contributed by atoms with Crippen LogP contribution in [0.3, 0.4) is 0 Å². The molecule has 1 atom stereocenters. The van der Waals surface area contributed by atoms with E-state index in [0.29, 0.717) is 5.75 Å². The molecule has 7 nitrogen and oxygen atoms in total. The number of ether oxygens (including phenoxy) is 3. The standard InChI is InChI=1S/C17H20N2O5S/c1-22-12-15-11-19(10-13-3-5-14(23-2)6-4-13)25(20,21)17-9-18-8-7-16(17)24-15/h3-9,15H,10-12H2,1-2H3. The number of aromatic nitrogens is 1. The van der Waals surface area contributed by atoms with E-state index in [1.807, 2.05) is 12.1 Å². The first-order chi connectivity index (χ1) is 12.0. The summed E-state index contributed by atoms with van der Waals surface area (Å²) in [4.78, 5) is 4.01. The third-order valence-electron chi connectivity index (χ3n) is 3.94. The van der Waals surface area contributed by atoms with Crippen LogP contribution in [0.4, 0.5) is 0 Å². The Morgan fingerprint density at radius 2 is 2.00 bits per heavy atom. The summed E-state index contributed by atoms with van der Waals surface area (Å²) < 4.78 is 43.6. The van der Waals surface area contributed by atoms with Gasteiger partial charge in [0.05, 0.1) is 26.5 Å². The van der Waals surface area contributed by atoms with Gasteiger partial charge in [0, 0.05) is 19.9 Å². The number of fused-ring (bicyclic) bond motifs is 1. The molecule has 0 fully saturated rings. The van der Waals surface area contributed by atoms with Crippen LogP contribution < -0.4 is 9.47 Å². The first-order valence-electron chi connectivity index (χ1n) is 7.77. The van der Waals surface area contributed by atoms with Crippen LogP contribution in [-0.2, 0) is 21.3 Å². The molecule has 0 spiro atoms. The monoisotopic (exact) mass is 364 g/mol. The van der Waals surface area contributed by atoms with E-state index in [2.05, 4.69) is 4.98 Å². The van der Waals surface area contributed by atoms with Crippen LogP contribution in [0.15, 0.2) is 47.6 Å². The summed E-state index contributed by atoms with van der Waals surface area (Å²) in [6, 6.07) is 8.86. The van der Waals surface area contributed by atoms with Gasteiger partial charge in [-0.3, -0.25) is 4.98 Å². The Labute approximate surface area is 147 Å². The molecule has 134 valence electrons. The van der Waals surface area contributed by atoms with Gasteiger partial charge >= 0.3 is 0 Å². The zero-order valence-electron chi connectivity index (χ0n) is 14.1. The highest BCUT2D eigenvalue weighted by Gasteiger charge is 2.35. The van der Waals surface area contributed by atoms with Crippen molar-refractivity contribution in [1.29, 1.82) is 0 Å².